The molecule has 0 unspecified atom stereocenters. The smallest absolute Gasteiger partial charge is 0.121 e. The van der Waals surface area contributed by atoms with E-state index in [1.807, 2.05) is 0 Å². The molecule has 0 bridgehead atoms. The number of nitrogens with zero attached hydrogens (tertiary/aromatic N) is 1. The summed E-state index contributed by atoms with van der Waals surface area (Å²) in [7, 11) is 3.93. The summed E-state index contributed by atoms with van der Waals surface area (Å²) >= 11 is 0. The highest BCUT2D eigenvalue weighted by molar-refractivity contribution is 5.36. The molecule has 0 saturated heterocycles. The van der Waals surface area contributed by atoms with Crippen LogP contribution in [0.5, 0.6) is 5.75 Å². The summed E-state index contributed by atoms with van der Waals surface area (Å²) < 4.78 is 5.29. The fourth-order valence-corrected chi connectivity index (χ4v) is 2.88. The molecule has 1 aliphatic carbocycles. The van der Waals surface area contributed by atoms with E-state index in [1.54, 1.807) is 7.11 Å². The minimum absolute atomic E-state index is 0.461. The van der Waals surface area contributed by atoms with E-state index in [9.17, 15) is 0 Å². The highest BCUT2D eigenvalue weighted by Crippen LogP contribution is 2.26. The normalized spacial score (nSPS) is 22.4. The molecule has 1 saturated carbocycles. The molecule has 1 aromatic carbocycles. The summed E-state index contributed by atoms with van der Waals surface area (Å²) in [6, 6.07) is 6.92. The van der Waals surface area contributed by atoms with E-state index < -0.39 is 0 Å². The standard InChI is InChI=1S/C16H26N2O/c1-12-8-13(4-5-16(12)19-3)6-7-18(2)11-14-9-15(17)10-14/h4-5,8,14-15H,6-7,9-11,17H2,1-3H3. The molecular weight excluding hydrogens is 236 g/mol. The molecule has 0 heterocycles. The number of rotatable bonds is 6. The first-order valence-electron chi connectivity index (χ1n) is 7.16. The molecule has 0 aromatic heterocycles. The Kier molecular flexibility index (Phi) is 4.83. The van der Waals surface area contributed by atoms with Crippen molar-refractivity contribution < 1.29 is 4.74 Å². The lowest BCUT2D eigenvalue weighted by Gasteiger charge is -2.35. The van der Waals surface area contributed by atoms with Gasteiger partial charge in [0, 0.05) is 19.1 Å². The van der Waals surface area contributed by atoms with Crippen LogP contribution in [0.15, 0.2) is 18.2 Å². The zero-order valence-corrected chi connectivity index (χ0v) is 12.4. The van der Waals surface area contributed by atoms with E-state index in [0.717, 1.165) is 24.6 Å². The Labute approximate surface area is 116 Å². The number of likely N-dealkylation sites (N-methyl/N-ethyl adjacent to an activating group) is 1. The molecule has 0 amide bonds. The van der Waals surface area contributed by atoms with Crippen LogP contribution >= 0.6 is 0 Å². The highest BCUT2D eigenvalue weighted by Gasteiger charge is 2.26. The van der Waals surface area contributed by atoms with Crippen LogP contribution in [0.1, 0.15) is 24.0 Å². The van der Waals surface area contributed by atoms with Gasteiger partial charge in [-0.2, -0.15) is 0 Å². The molecule has 0 radical (unpaired) electrons. The number of nitrogens with two attached hydrogens (primary N) is 1. The fraction of sp³-hybridized carbons (Fsp3) is 0.625. The Balaban J connectivity index is 1.76. The molecule has 106 valence electrons. The average Bonchev–Trinajstić information content (AvgIpc) is 2.35. The van der Waals surface area contributed by atoms with Gasteiger partial charge in [0.15, 0.2) is 0 Å². The predicted octanol–water partition coefficient (Wildman–Crippen LogP) is 2.22. The molecule has 2 rings (SSSR count). The van der Waals surface area contributed by atoms with Gasteiger partial charge in [-0.05, 0) is 56.3 Å². The molecule has 1 fully saturated rings. The molecular formula is C16H26N2O. The van der Waals surface area contributed by atoms with E-state index in [2.05, 4.69) is 37.1 Å². The van der Waals surface area contributed by atoms with Crippen molar-refractivity contribution in [2.24, 2.45) is 11.7 Å². The number of hydrogen-bond acceptors (Lipinski definition) is 3. The van der Waals surface area contributed by atoms with Gasteiger partial charge in [-0.25, -0.2) is 0 Å². The van der Waals surface area contributed by atoms with Gasteiger partial charge in [-0.3, -0.25) is 0 Å². The third-order valence-electron chi connectivity index (χ3n) is 4.08. The van der Waals surface area contributed by atoms with Crippen LogP contribution in [0.4, 0.5) is 0 Å². The molecule has 3 heteroatoms. The van der Waals surface area contributed by atoms with Crippen molar-refractivity contribution in [1.82, 2.24) is 4.90 Å². The number of hydrogen-bond donors (Lipinski definition) is 1. The summed E-state index contributed by atoms with van der Waals surface area (Å²) in [5.41, 5.74) is 8.42. The SMILES string of the molecule is COc1ccc(CCN(C)CC2CC(N)C2)cc1C. The van der Waals surface area contributed by atoms with Crippen molar-refractivity contribution in [3.05, 3.63) is 29.3 Å². The van der Waals surface area contributed by atoms with Gasteiger partial charge in [0.1, 0.15) is 5.75 Å². The zero-order valence-electron chi connectivity index (χ0n) is 12.4. The van der Waals surface area contributed by atoms with E-state index in [4.69, 9.17) is 10.5 Å². The van der Waals surface area contributed by atoms with Gasteiger partial charge >= 0.3 is 0 Å². The molecule has 1 aliphatic rings. The molecule has 1 aromatic rings. The topological polar surface area (TPSA) is 38.5 Å². The zero-order chi connectivity index (χ0) is 13.8. The summed E-state index contributed by atoms with van der Waals surface area (Å²) in [6.07, 6.45) is 3.50. The molecule has 0 atom stereocenters. The van der Waals surface area contributed by atoms with Gasteiger partial charge in [0.05, 0.1) is 7.11 Å². The van der Waals surface area contributed by atoms with Crippen molar-refractivity contribution in [2.45, 2.75) is 32.2 Å². The number of ether oxygens (including phenoxy) is 1. The van der Waals surface area contributed by atoms with Crippen molar-refractivity contribution in [1.29, 1.82) is 0 Å². The Morgan fingerprint density at radius 2 is 2.11 bits per heavy atom. The largest absolute Gasteiger partial charge is 0.496 e. The number of methoxy groups -OCH3 is 1. The summed E-state index contributed by atoms with van der Waals surface area (Å²) in [4.78, 5) is 2.43. The quantitative estimate of drug-likeness (QED) is 0.854. The van der Waals surface area contributed by atoms with Crippen molar-refractivity contribution in [3.8, 4) is 5.75 Å². The number of aryl methyl sites for hydroxylation is 1. The van der Waals surface area contributed by atoms with Crippen LogP contribution in [0.3, 0.4) is 0 Å². The molecule has 2 N–H and O–H groups in total. The van der Waals surface area contributed by atoms with Crippen LogP contribution in [0, 0.1) is 12.8 Å². The summed E-state index contributed by atoms with van der Waals surface area (Å²) in [5.74, 6) is 1.79. The Bertz CT molecular complexity index is 413. The van der Waals surface area contributed by atoms with Gasteiger partial charge < -0.3 is 15.4 Å². The monoisotopic (exact) mass is 262 g/mol. The number of benzene rings is 1. The van der Waals surface area contributed by atoms with Gasteiger partial charge in [0.2, 0.25) is 0 Å². The lowest BCUT2D eigenvalue weighted by atomic mass is 9.80. The maximum atomic E-state index is 5.82. The first kappa shape index (κ1) is 14.4. The Hall–Kier alpha value is -1.06. The van der Waals surface area contributed by atoms with Crippen molar-refractivity contribution >= 4 is 0 Å². The van der Waals surface area contributed by atoms with Crippen molar-refractivity contribution in [3.63, 3.8) is 0 Å². The lowest BCUT2D eigenvalue weighted by molar-refractivity contribution is 0.183. The summed E-state index contributed by atoms with van der Waals surface area (Å²) in [6.45, 7) is 4.39. The van der Waals surface area contributed by atoms with E-state index in [-0.39, 0.29) is 0 Å². The van der Waals surface area contributed by atoms with E-state index in [1.165, 1.54) is 30.5 Å². The third kappa shape index (κ3) is 3.95. The third-order valence-corrected chi connectivity index (χ3v) is 4.08. The Morgan fingerprint density at radius 1 is 1.37 bits per heavy atom. The van der Waals surface area contributed by atoms with Crippen LogP contribution in [0.2, 0.25) is 0 Å². The Morgan fingerprint density at radius 3 is 2.68 bits per heavy atom. The van der Waals surface area contributed by atoms with Gasteiger partial charge in [-0.1, -0.05) is 12.1 Å². The summed E-state index contributed by atoms with van der Waals surface area (Å²) in [5, 5.41) is 0. The average molecular weight is 262 g/mol. The maximum Gasteiger partial charge on any atom is 0.121 e. The van der Waals surface area contributed by atoms with Gasteiger partial charge in [0.25, 0.3) is 0 Å². The molecule has 3 nitrogen and oxygen atoms in total. The van der Waals surface area contributed by atoms with Gasteiger partial charge in [-0.15, -0.1) is 0 Å². The van der Waals surface area contributed by atoms with Crippen LogP contribution in [0.25, 0.3) is 0 Å². The van der Waals surface area contributed by atoms with Crippen LogP contribution in [-0.2, 0) is 6.42 Å². The fourth-order valence-electron chi connectivity index (χ4n) is 2.88. The molecule has 0 spiro atoms. The second-order valence-electron chi connectivity index (χ2n) is 5.91. The predicted molar refractivity (Wildman–Crippen MR) is 79.6 cm³/mol. The second-order valence-corrected chi connectivity index (χ2v) is 5.91. The molecule has 19 heavy (non-hydrogen) atoms. The molecule has 0 aliphatic heterocycles. The minimum Gasteiger partial charge on any atom is -0.496 e. The lowest BCUT2D eigenvalue weighted by Crippen LogP contribution is -2.42. The maximum absolute atomic E-state index is 5.82. The highest BCUT2D eigenvalue weighted by atomic mass is 16.5. The van der Waals surface area contributed by atoms with Crippen LogP contribution < -0.4 is 10.5 Å². The van der Waals surface area contributed by atoms with E-state index in [0.29, 0.717) is 6.04 Å². The van der Waals surface area contributed by atoms with E-state index >= 15 is 0 Å². The first-order valence-corrected chi connectivity index (χ1v) is 7.16. The second kappa shape index (κ2) is 6.40. The first-order chi connectivity index (χ1) is 9.08. The van der Waals surface area contributed by atoms with Crippen LogP contribution in [-0.4, -0.2) is 38.2 Å². The van der Waals surface area contributed by atoms with Crippen molar-refractivity contribution in [2.75, 3.05) is 27.2 Å². The minimum atomic E-state index is 0.461.